The van der Waals surface area contributed by atoms with Gasteiger partial charge in [0.2, 0.25) is 5.91 Å². The lowest BCUT2D eigenvalue weighted by Gasteiger charge is -2.53. The molecule has 3 nitrogen and oxygen atoms in total. The van der Waals surface area contributed by atoms with Crippen LogP contribution in [0.3, 0.4) is 0 Å². The van der Waals surface area contributed by atoms with Crippen molar-refractivity contribution in [2.24, 2.45) is 5.41 Å². The zero-order chi connectivity index (χ0) is 14.3. The van der Waals surface area contributed by atoms with E-state index in [1.54, 1.807) is 11.3 Å². The van der Waals surface area contributed by atoms with Crippen LogP contribution in [0.2, 0.25) is 0 Å². The Hall–Kier alpha value is -1.81. The Morgan fingerprint density at radius 3 is 2.52 bits per heavy atom. The molecule has 1 amide bonds. The second kappa shape index (κ2) is 4.88. The third-order valence-corrected chi connectivity index (χ3v) is 5.61. The molecule has 0 bridgehead atoms. The van der Waals surface area contributed by atoms with Gasteiger partial charge in [-0.1, -0.05) is 30.3 Å². The summed E-state index contributed by atoms with van der Waals surface area (Å²) in [5.41, 5.74) is 2.35. The average molecular weight is 298 g/mol. The molecule has 2 aromatic rings. The third-order valence-electron chi connectivity index (χ3n) is 4.94. The highest BCUT2D eigenvalue weighted by molar-refractivity contribution is 7.08. The predicted octanol–water partition coefficient (Wildman–Crippen LogP) is 3.21. The number of amides is 1. The molecule has 1 atom stereocenters. The standard InChI is InChI=1S/C17H18N2OS/c20-16-17(15(18-16)13-4-2-1-3-5-13)7-9-19(10-8-17)14-6-11-21-12-14/h1-6,11-12,15H,7-10H2,(H,18,20)/t15-/m0/s1. The molecule has 3 heterocycles. The summed E-state index contributed by atoms with van der Waals surface area (Å²) in [4.78, 5) is 14.7. The number of nitrogens with one attached hydrogen (secondary N) is 1. The Morgan fingerprint density at radius 1 is 1.14 bits per heavy atom. The van der Waals surface area contributed by atoms with E-state index in [1.807, 2.05) is 18.2 Å². The van der Waals surface area contributed by atoms with Gasteiger partial charge in [0, 0.05) is 24.2 Å². The Kier molecular flexibility index (Phi) is 3.00. The number of thiophene rings is 1. The first-order chi connectivity index (χ1) is 10.3. The molecule has 2 saturated heterocycles. The summed E-state index contributed by atoms with van der Waals surface area (Å²) in [6, 6.07) is 12.7. The number of nitrogens with zero attached hydrogens (tertiary/aromatic N) is 1. The molecule has 0 saturated carbocycles. The van der Waals surface area contributed by atoms with E-state index in [1.165, 1.54) is 11.3 Å². The summed E-state index contributed by atoms with van der Waals surface area (Å²) in [7, 11) is 0. The van der Waals surface area contributed by atoms with Gasteiger partial charge in [-0.05, 0) is 29.9 Å². The first-order valence-electron chi connectivity index (χ1n) is 7.43. The van der Waals surface area contributed by atoms with Crippen LogP contribution in [-0.4, -0.2) is 19.0 Å². The van der Waals surface area contributed by atoms with E-state index >= 15 is 0 Å². The van der Waals surface area contributed by atoms with Gasteiger partial charge in [0.05, 0.1) is 11.5 Å². The molecule has 2 aliphatic heterocycles. The number of piperidine rings is 1. The minimum Gasteiger partial charge on any atom is -0.371 e. The number of carbonyl (C=O) groups is 1. The van der Waals surface area contributed by atoms with Crippen LogP contribution in [-0.2, 0) is 4.79 Å². The van der Waals surface area contributed by atoms with E-state index in [9.17, 15) is 4.79 Å². The molecule has 0 radical (unpaired) electrons. The number of carbonyl (C=O) groups excluding carboxylic acids is 1. The number of rotatable bonds is 2. The Bertz CT molecular complexity index is 630. The summed E-state index contributed by atoms with van der Waals surface area (Å²) in [6.45, 7) is 1.93. The molecule has 0 aliphatic carbocycles. The van der Waals surface area contributed by atoms with Crippen molar-refractivity contribution in [1.82, 2.24) is 5.32 Å². The lowest BCUT2D eigenvalue weighted by molar-refractivity contribution is -0.148. The Morgan fingerprint density at radius 2 is 1.90 bits per heavy atom. The van der Waals surface area contributed by atoms with Crippen LogP contribution < -0.4 is 10.2 Å². The maximum atomic E-state index is 12.3. The molecular formula is C17H18N2OS. The van der Waals surface area contributed by atoms with Crippen molar-refractivity contribution < 1.29 is 4.79 Å². The topological polar surface area (TPSA) is 32.3 Å². The van der Waals surface area contributed by atoms with Crippen molar-refractivity contribution in [3.05, 3.63) is 52.7 Å². The van der Waals surface area contributed by atoms with E-state index in [0.29, 0.717) is 0 Å². The van der Waals surface area contributed by atoms with Gasteiger partial charge in [-0.25, -0.2) is 0 Å². The number of benzene rings is 1. The molecule has 108 valence electrons. The molecule has 1 spiro atoms. The van der Waals surface area contributed by atoms with Crippen molar-refractivity contribution >= 4 is 22.9 Å². The maximum Gasteiger partial charge on any atom is 0.229 e. The lowest BCUT2D eigenvalue weighted by Crippen LogP contribution is -2.64. The summed E-state index contributed by atoms with van der Waals surface area (Å²) < 4.78 is 0. The van der Waals surface area contributed by atoms with Crippen molar-refractivity contribution in [2.45, 2.75) is 18.9 Å². The number of hydrogen-bond donors (Lipinski definition) is 1. The molecule has 1 aromatic carbocycles. The Labute approximate surface area is 128 Å². The van der Waals surface area contributed by atoms with Crippen LogP contribution in [0.1, 0.15) is 24.4 Å². The average Bonchev–Trinajstić information content (AvgIpc) is 3.08. The second-order valence-electron chi connectivity index (χ2n) is 5.94. The Balaban J connectivity index is 1.54. The predicted molar refractivity (Wildman–Crippen MR) is 85.5 cm³/mol. The monoisotopic (exact) mass is 298 g/mol. The molecule has 2 fully saturated rings. The van der Waals surface area contributed by atoms with Crippen molar-refractivity contribution in [1.29, 1.82) is 0 Å². The highest BCUT2D eigenvalue weighted by Gasteiger charge is 2.56. The van der Waals surface area contributed by atoms with Crippen molar-refractivity contribution in [2.75, 3.05) is 18.0 Å². The summed E-state index contributed by atoms with van der Waals surface area (Å²) in [6.07, 6.45) is 1.88. The highest BCUT2D eigenvalue weighted by Crippen LogP contribution is 2.50. The molecule has 4 rings (SSSR count). The lowest BCUT2D eigenvalue weighted by atomic mass is 9.64. The number of β-lactam (4-membered cyclic amide) rings is 1. The van der Waals surface area contributed by atoms with Gasteiger partial charge in [-0.2, -0.15) is 11.3 Å². The van der Waals surface area contributed by atoms with Gasteiger partial charge in [0.1, 0.15) is 0 Å². The van der Waals surface area contributed by atoms with Crippen LogP contribution in [0.4, 0.5) is 5.69 Å². The van der Waals surface area contributed by atoms with Crippen molar-refractivity contribution in [3.63, 3.8) is 0 Å². The van der Waals surface area contributed by atoms with E-state index < -0.39 is 0 Å². The molecule has 2 aliphatic rings. The minimum atomic E-state index is -0.187. The number of anilines is 1. The normalized spacial score (nSPS) is 23.7. The summed E-state index contributed by atoms with van der Waals surface area (Å²) >= 11 is 1.73. The molecule has 4 heteroatoms. The molecule has 1 aromatic heterocycles. The number of hydrogen-bond acceptors (Lipinski definition) is 3. The fourth-order valence-electron chi connectivity index (χ4n) is 3.63. The van der Waals surface area contributed by atoms with Crippen LogP contribution in [0, 0.1) is 5.41 Å². The van der Waals surface area contributed by atoms with Gasteiger partial charge < -0.3 is 10.2 Å². The van der Waals surface area contributed by atoms with Crippen LogP contribution in [0.25, 0.3) is 0 Å². The fourth-order valence-corrected chi connectivity index (χ4v) is 4.29. The third kappa shape index (κ3) is 1.97. The van der Waals surface area contributed by atoms with E-state index in [2.05, 4.69) is 39.2 Å². The van der Waals surface area contributed by atoms with Gasteiger partial charge in [0.15, 0.2) is 0 Å². The molecule has 1 N–H and O–H groups in total. The molecular weight excluding hydrogens is 280 g/mol. The van der Waals surface area contributed by atoms with Gasteiger partial charge in [0.25, 0.3) is 0 Å². The smallest absolute Gasteiger partial charge is 0.229 e. The minimum absolute atomic E-state index is 0.187. The highest BCUT2D eigenvalue weighted by atomic mass is 32.1. The van der Waals surface area contributed by atoms with Crippen molar-refractivity contribution in [3.8, 4) is 0 Å². The second-order valence-corrected chi connectivity index (χ2v) is 6.72. The van der Waals surface area contributed by atoms with Gasteiger partial charge >= 0.3 is 0 Å². The SMILES string of the molecule is O=C1N[C@@H](c2ccccc2)C12CCN(c1ccsc1)CC2. The van der Waals surface area contributed by atoms with Crippen LogP contribution in [0.15, 0.2) is 47.2 Å². The van der Waals surface area contributed by atoms with E-state index in [0.717, 1.165) is 25.9 Å². The van der Waals surface area contributed by atoms with E-state index in [4.69, 9.17) is 0 Å². The molecule has 0 unspecified atom stereocenters. The quantitative estimate of drug-likeness (QED) is 0.864. The van der Waals surface area contributed by atoms with E-state index in [-0.39, 0.29) is 17.4 Å². The zero-order valence-electron chi connectivity index (χ0n) is 11.8. The fraction of sp³-hybridized carbons (Fsp3) is 0.353. The first-order valence-corrected chi connectivity index (χ1v) is 8.37. The molecule has 21 heavy (non-hydrogen) atoms. The van der Waals surface area contributed by atoms with Crippen LogP contribution in [0.5, 0.6) is 0 Å². The zero-order valence-corrected chi connectivity index (χ0v) is 12.6. The van der Waals surface area contributed by atoms with Gasteiger partial charge in [-0.15, -0.1) is 0 Å². The van der Waals surface area contributed by atoms with Crippen LogP contribution >= 0.6 is 11.3 Å². The maximum absolute atomic E-state index is 12.3. The van der Waals surface area contributed by atoms with Gasteiger partial charge in [-0.3, -0.25) is 4.79 Å². The first kappa shape index (κ1) is 12.9. The summed E-state index contributed by atoms with van der Waals surface area (Å²) in [5, 5.41) is 7.42. The largest absolute Gasteiger partial charge is 0.371 e. The summed E-state index contributed by atoms with van der Waals surface area (Å²) in [5.74, 6) is 0.237.